The number of fused-ring (bicyclic) bond motifs is 1. The molecule has 3 N–H and O–H groups in total. The molecule has 1 amide bonds. The smallest absolute Gasteiger partial charge is 0.352 e. The van der Waals surface area contributed by atoms with E-state index in [1.54, 1.807) is 13.2 Å². The van der Waals surface area contributed by atoms with Gasteiger partial charge in [0.25, 0.3) is 5.91 Å². The summed E-state index contributed by atoms with van der Waals surface area (Å²) < 4.78 is 13.1. The summed E-state index contributed by atoms with van der Waals surface area (Å²) in [6.07, 6.45) is 3.21. The Morgan fingerprint density at radius 2 is 2.30 bits per heavy atom. The monoisotopic (exact) mass is 512 g/mol. The van der Waals surface area contributed by atoms with Crippen molar-refractivity contribution in [1.29, 1.82) is 0 Å². The highest BCUT2D eigenvalue weighted by molar-refractivity contribution is 8.01. The van der Waals surface area contributed by atoms with Crippen molar-refractivity contribution in [1.82, 2.24) is 35.1 Å². The number of carbonyl (C=O) groups is 2. The standard InChI is InChI=1S/C18H24N8O4S3/c1-3-33(30)6-4-5-11-7-19-17(20-11)21-12-14(27)26-13(16(28)29)10(8-31-15(12)26)9-32-18-22-23-24-25(18)2/h7,12,15H,3-6,8-9H2,1-2H3,(H,28,29)(H2,19,20,21)/t12?,15-,33?/m1/s1. The number of nitrogens with zero attached hydrogens (tertiary/aromatic N) is 6. The Balaban J connectivity index is 1.38. The number of carboxylic acids is 1. The number of β-lactam (4-membered cyclic amide) rings is 1. The molecule has 0 radical (unpaired) electrons. The molecule has 178 valence electrons. The number of tetrazole rings is 1. The second-order valence-electron chi connectivity index (χ2n) is 7.46. The van der Waals surface area contributed by atoms with Crippen LogP contribution in [0.5, 0.6) is 0 Å². The lowest BCUT2D eigenvalue weighted by Gasteiger charge is -2.49. The van der Waals surface area contributed by atoms with E-state index in [9.17, 15) is 18.9 Å². The number of aryl methyl sites for hydroxylation is 2. The summed E-state index contributed by atoms with van der Waals surface area (Å²) in [6.45, 7) is 1.90. The summed E-state index contributed by atoms with van der Waals surface area (Å²) in [5.41, 5.74) is 1.59. The molecule has 3 atom stereocenters. The number of aliphatic carboxylic acids is 1. The van der Waals surface area contributed by atoms with Crippen molar-refractivity contribution in [3.63, 3.8) is 0 Å². The van der Waals surface area contributed by atoms with Crippen molar-refractivity contribution in [3.8, 4) is 0 Å². The molecular weight excluding hydrogens is 488 g/mol. The average Bonchev–Trinajstić information content (AvgIpc) is 3.43. The van der Waals surface area contributed by atoms with Gasteiger partial charge in [0.15, 0.2) is 0 Å². The molecule has 2 aliphatic rings. The van der Waals surface area contributed by atoms with Gasteiger partial charge in [-0.2, -0.15) is 0 Å². The van der Waals surface area contributed by atoms with E-state index in [1.807, 2.05) is 6.92 Å². The van der Waals surface area contributed by atoms with Crippen LogP contribution in [0.25, 0.3) is 0 Å². The van der Waals surface area contributed by atoms with Crippen LogP contribution in [0.2, 0.25) is 0 Å². The van der Waals surface area contributed by atoms with Gasteiger partial charge in [0.05, 0.1) is 6.20 Å². The fraction of sp³-hybridized carbons (Fsp3) is 0.556. The summed E-state index contributed by atoms with van der Waals surface area (Å²) in [5.74, 6) is 1.21. The maximum atomic E-state index is 12.9. The summed E-state index contributed by atoms with van der Waals surface area (Å²) in [4.78, 5) is 33.6. The quantitative estimate of drug-likeness (QED) is 0.283. The Morgan fingerprint density at radius 1 is 1.48 bits per heavy atom. The lowest BCUT2D eigenvalue weighted by molar-refractivity contribution is -0.147. The van der Waals surface area contributed by atoms with E-state index < -0.39 is 22.8 Å². The summed E-state index contributed by atoms with van der Waals surface area (Å²) in [7, 11) is 0.916. The number of anilines is 1. The fourth-order valence-electron chi connectivity index (χ4n) is 3.56. The zero-order chi connectivity index (χ0) is 23.5. The van der Waals surface area contributed by atoms with Gasteiger partial charge in [0, 0.05) is 46.6 Å². The number of nitrogens with one attached hydrogen (secondary N) is 2. The van der Waals surface area contributed by atoms with Crippen LogP contribution < -0.4 is 5.32 Å². The predicted molar refractivity (Wildman–Crippen MR) is 125 cm³/mol. The highest BCUT2D eigenvalue weighted by atomic mass is 32.2. The van der Waals surface area contributed by atoms with E-state index >= 15 is 0 Å². The first kappa shape index (κ1) is 23.8. The van der Waals surface area contributed by atoms with Gasteiger partial charge in [-0.15, -0.1) is 16.9 Å². The Hall–Kier alpha value is -2.39. The summed E-state index contributed by atoms with van der Waals surface area (Å²) in [5, 5.41) is 24.4. The normalized spacial score (nSPS) is 21.0. The van der Waals surface area contributed by atoms with Gasteiger partial charge in [-0.05, 0) is 28.8 Å². The minimum atomic E-state index is -1.12. The second kappa shape index (κ2) is 10.3. The van der Waals surface area contributed by atoms with Crippen molar-refractivity contribution in [2.24, 2.45) is 7.05 Å². The number of amides is 1. The molecule has 0 bridgehead atoms. The number of carbonyl (C=O) groups excluding carboxylic acids is 1. The molecule has 4 rings (SSSR count). The molecule has 1 saturated heterocycles. The largest absolute Gasteiger partial charge is 0.477 e. The SMILES string of the molecule is CCS(=O)CCCc1cnc(NC2C(=O)N3C(C(=O)O)=C(CSc4nnnn4C)CS[C@H]23)[nH]1. The van der Waals surface area contributed by atoms with E-state index in [-0.39, 0.29) is 17.0 Å². The van der Waals surface area contributed by atoms with Crippen molar-refractivity contribution in [2.45, 2.75) is 36.3 Å². The maximum Gasteiger partial charge on any atom is 0.352 e. The first-order valence-corrected chi connectivity index (χ1v) is 13.8. The number of imidazole rings is 1. The molecule has 2 aromatic heterocycles. The molecule has 2 unspecified atom stereocenters. The molecule has 33 heavy (non-hydrogen) atoms. The Kier molecular flexibility index (Phi) is 7.38. The molecule has 0 aromatic carbocycles. The third-order valence-electron chi connectivity index (χ3n) is 5.27. The van der Waals surface area contributed by atoms with Gasteiger partial charge in [-0.25, -0.2) is 14.5 Å². The minimum absolute atomic E-state index is 0.0356. The molecule has 2 aliphatic heterocycles. The molecule has 0 saturated carbocycles. The first-order valence-electron chi connectivity index (χ1n) is 10.3. The second-order valence-corrected chi connectivity index (χ2v) is 11.4. The number of rotatable bonds is 11. The van der Waals surface area contributed by atoms with Crippen LogP contribution in [0.4, 0.5) is 5.95 Å². The van der Waals surface area contributed by atoms with Gasteiger partial charge in [0.1, 0.15) is 17.1 Å². The molecule has 4 heterocycles. The Labute approximate surface area is 200 Å². The molecule has 0 spiro atoms. The van der Waals surface area contributed by atoms with Crippen molar-refractivity contribution in [3.05, 3.63) is 23.2 Å². The van der Waals surface area contributed by atoms with E-state index in [4.69, 9.17) is 0 Å². The Morgan fingerprint density at radius 3 is 3.00 bits per heavy atom. The number of H-pyrrole nitrogens is 1. The lowest BCUT2D eigenvalue weighted by Crippen LogP contribution is -2.67. The number of carboxylic acid groups (broad SMARTS) is 1. The van der Waals surface area contributed by atoms with Crippen LogP contribution in [-0.2, 0) is 33.9 Å². The van der Waals surface area contributed by atoms with Gasteiger partial charge >= 0.3 is 5.97 Å². The number of aromatic nitrogens is 6. The first-order chi connectivity index (χ1) is 15.9. The summed E-state index contributed by atoms with van der Waals surface area (Å²) in [6, 6.07) is -0.562. The number of aromatic amines is 1. The minimum Gasteiger partial charge on any atom is -0.477 e. The van der Waals surface area contributed by atoms with Crippen molar-refractivity contribution < 1.29 is 18.9 Å². The van der Waals surface area contributed by atoms with Crippen LogP contribution in [0, 0.1) is 0 Å². The third-order valence-corrected chi connectivity index (χ3v) is 9.09. The van der Waals surface area contributed by atoms with Crippen LogP contribution in [0.3, 0.4) is 0 Å². The van der Waals surface area contributed by atoms with Gasteiger partial charge in [-0.3, -0.25) is 13.9 Å². The molecule has 15 heteroatoms. The highest BCUT2D eigenvalue weighted by Crippen LogP contribution is 2.42. The Bertz CT molecular complexity index is 1100. The van der Waals surface area contributed by atoms with Gasteiger partial charge in [0.2, 0.25) is 11.1 Å². The number of thioether (sulfide) groups is 2. The van der Waals surface area contributed by atoms with Gasteiger partial charge in [-0.1, -0.05) is 18.7 Å². The van der Waals surface area contributed by atoms with E-state index in [1.165, 1.54) is 33.1 Å². The summed E-state index contributed by atoms with van der Waals surface area (Å²) >= 11 is 2.85. The fourth-order valence-corrected chi connectivity index (χ4v) is 6.65. The van der Waals surface area contributed by atoms with Gasteiger partial charge < -0.3 is 15.4 Å². The highest BCUT2D eigenvalue weighted by Gasteiger charge is 2.53. The average molecular weight is 513 g/mol. The van der Waals surface area contributed by atoms with Crippen LogP contribution in [0.1, 0.15) is 19.0 Å². The predicted octanol–water partition coefficient (Wildman–Crippen LogP) is 0.461. The zero-order valence-corrected chi connectivity index (χ0v) is 20.5. The van der Waals surface area contributed by atoms with E-state index in [0.29, 0.717) is 39.7 Å². The molecule has 12 nitrogen and oxygen atoms in total. The van der Waals surface area contributed by atoms with E-state index in [0.717, 1.165) is 18.5 Å². The molecule has 2 aromatic rings. The topological polar surface area (TPSA) is 159 Å². The zero-order valence-electron chi connectivity index (χ0n) is 18.1. The maximum absolute atomic E-state index is 12.9. The van der Waals surface area contributed by atoms with Crippen LogP contribution in [0.15, 0.2) is 22.6 Å². The molecule has 1 fully saturated rings. The van der Waals surface area contributed by atoms with Crippen LogP contribution in [-0.4, -0.2) is 90.7 Å². The lowest BCUT2D eigenvalue weighted by atomic mass is 10.0. The molecular formula is C18H24N8O4S3. The van der Waals surface area contributed by atoms with Crippen LogP contribution >= 0.6 is 23.5 Å². The van der Waals surface area contributed by atoms with Crippen molar-refractivity contribution >= 4 is 52.1 Å². The van der Waals surface area contributed by atoms with Crippen molar-refractivity contribution in [2.75, 3.05) is 28.3 Å². The third kappa shape index (κ3) is 5.09. The molecule has 0 aliphatic carbocycles. The number of hydrogen-bond donors (Lipinski definition) is 3. The number of hydrogen-bond acceptors (Lipinski definition) is 10. The van der Waals surface area contributed by atoms with E-state index in [2.05, 4.69) is 30.8 Å².